The number of aryl methyl sites for hydroxylation is 1. The largest absolute Gasteiger partial charge is 0.494 e. The van der Waals surface area contributed by atoms with Crippen LogP contribution in [0.4, 0.5) is 22.0 Å². The Labute approximate surface area is 183 Å². The number of fused-ring (bicyclic) bond motifs is 1. The number of hydrogen-bond donors (Lipinski definition) is 0. The zero-order valence-electron chi connectivity index (χ0n) is 17.6. The maximum atomic E-state index is 14.9. The summed E-state index contributed by atoms with van der Waals surface area (Å²) in [7, 11) is 1.18. The molecule has 0 radical (unpaired) electrons. The Morgan fingerprint density at radius 3 is 2.31 bits per heavy atom. The lowest BCUT2D eigenvalue weighted by Gasteiger charge is -2.24. The minimum absolute atomic E-state index is 0.00952. The molecule has 1 aliphatic heterocycles. The first-order chi connectivity index (χ1) is 15.2. The molecule has 0 unspecified atom stereocenters. The molecule has 3 rings (SSSR count). The van der Waals surface area contributed by atoms with Crippen molar-refractivity contribution in [3.63, 3.8) is 0 Å². The van der Waals surface area contributed by atoms with Crippen molar-refractivity contribution in [3.8, 4) is 5.75 Å². The van der Waals surface area contributed by atoms with Gasteiger partial charge in [-0.25, -0.2) is 13.2 Å². The second-order valence-electron chi connectivity index (χ2n) is 7.27. The molecule has 2 nitrogen and oxygen atoms in total. The minimum atomic E-state index is -1.66. The fourth-order valence-electron chi connectivity index (χ4n) is 3.32. The third kappa shape index (κ3) is 4.33. The van der Waals surface area contributed by atoms with E-state index < -0.39 is 46.2 Å². The average molecular weight is 448 g/mol. The molecular formula is C25H21F5O2. The van der Waals surface area contributed by atoms with Crippen molar-refractivity contribution in [1.82, 2.24) is 0 Å². The third-order valence-corrected chi connectivity index (χ3v) is 5.03. The number of benzene rings is 2. The van der Waals surface area contributed by atoms with Gasteiger partial charge in [-0.15, -0.1) is 0 Å². The van der Waals surface area contributed by atoms with Crippen molar-refractivity contribution < 1.29 is 31.4 Å². The second-order valence-corrected chi connectivity index (χ2v) is 7.27. The van der Waals surface area contributed by atoms with E-state index in [-0.39, 0.29) is 28.9 Å². The minimum Gasteiger partial charge on any atom is -0.494 e. The van der Waals surface area contributed by atoms with E-state index in [1.54, 1.807) is 12.1 Å². The van der Waals surface area contributed by atoms with Gasteiger partial charge < -0.3 is 9.47 Å². The van der Waals surface area contributed by atoms with Gasteiger partial charge in [-0.1, -0.05) is 50.8 Å². The van der Waals surface area contributed by atoms with E-state index in [9.17, 15) is 22.0 Å². The van der Waals surface area contributed by atoms with Crippen LogP contribution in [0.2, 0.25) is 0 Å². The molecule has 0 fully saturated rings. The van der Waals surface area contributed by atoms with E-state index in [0.29, 0.717) is 0 Å². The van der Waals surface area contributed by atoms with E-state index in [1.807, 2.05) is 6.92 Å². The molecule has 0 amide bonds. The fourth-order valence-corrected chi connectivity index (χ4v) is 3.32. The van der Waals surface area contributed by atoms with Crippen LogP contribution in [0.1, 0.15) is 35.6 Å². The van der Waals surface area contributed by atoms with Crippen molar-refractivity contribution in [2.24, 2.45) is 0 Å². The SMILES string of the molecule is C=C(OC)/C(F)=C1/Oc2c(cc(/C(F)=C(\F)c3ccc(CCC)cc3)c(F)c2F)CC1=C. The normalized spacial score (nSPS) is 15.5. The topological polar surface area (TPSA) is 18.5 Å². The Balaban J connectivity index is 2.05. The van der Waals surface area contributed by atoms with Crippen LogP contribution in [0.25, 0.3) is 11.7 Å². The second kappa shape index (κ2) is 9.42. The molecule has 0 bridgehead atoms. The standard InChI is InChI=1S/C25H21F5O2/c1-5-6-15-7-9-16(10-8-15)20(27)21(28)18-12-17-11-13(2)24(19(26)14(3)31-4)32-25(17)23(30)22(18)29/h7-10,12H,2-3,5-6,11H2,1,4H3/b21-20+,24-19-. The van der Waals surface area contributed by atoms with E-state index >= 15 is 0 Å². The highest BCUT2D eigenvalue weighted by Gasteiger charge is 2.31. The maximum absolute atomic E-state index is 14.9. The molecule has 32 heavy (non-hydrogen) atoms. The van der Waals surface area contributed by atoms with Gasteiger partial charge in [0.15, 0.2) is 34.7 Å². The fraction of sp³-hybridized carbons (Fsp3) is 0.200. The lowest BCUT2D eigenvalue weighted by atomic mass is 9.96. The number of hydrogen-bond acceptors (Lipinski definition) is 2. The molecule has 0 saturated heterocycles. The smallest absolute Gasteiger partial charge is 0.207 e. The molecular weight excluding hydrogens is 427 g/mol. The summed E-state index contributed by atoms with van der Waals surface area (Å²) in [6.07, 6.45) is 1.48. The predicted molar refractivity (Wildman–Crippen MR) is 114 cm³/mol. The van der Waals surface area contributed by atoms with Crippen molar-refractivity contribution in [1.29, 1.82) is 0 Å². The highest BCUT2D eigenvalue weighted by molar-refractivity contribution is 5.84. The first kappa shape index (κ1) is 23.3. The van der Waals surface area contributed by atoms with Crippen molar-refractivity contribution in [2.75, 3.05) is 7.11 Å². The van der Waals surface area contributed by atoms with Crippen LogP contribution in [-0.4, -0.2) is 7.11 Å². The number of halogens is 5. The van der Waals surface area contributed by atoms with Gasteiger partial charge >= 0.3 is 0 Å². The van der Waals surface area contributed by atoms with Gasteiger partial charge in [0.2, 0.25) is 11.6 Å². The van der Waals surface area contributed by atoms with Crippen molar-refractivity contribution in [3.05, 3.63) is 100 Å². The van der Waals surface area contributed by atoms with Gasteiger partial charge in [-0.2, -0.15) is 8.78 Å². The lowest BCUT2D eigenvalue weighted by molar-refractivity contribution is 0.272. The molecule has 0 aromatic heterocycles. The van der Waals surface area contributed by atoms with Crippen LogP contribution in [-0.2, 0) is 17.6 Å². The van der Waals surface area contributed by atoms with Gasteiger partial charge in [0, 0.05) is 17.5 Å². The predicted octanol–water partition coefficient (Wildman–Crippen LogP) is 7.51. The van der Waals surface area contributed by atoms with Gasteiger partial charge in [0.25, 0.3) is 0 Å². The first-order valence-corrected chi connectivity index (χ1v) is 9.84. The molecule has 0 N–H and O–H groups in total. The summed E-state index contributed by atoms with van der Waals surface area (Å²) < 4.78 is 83.2. The van der Waals surface area contributed by atoms with E-state index in [2.05, 4.69) is 17.9 Å². The Morgan fingerprint density at radius 2 is 1.72 bits per heavy atom. The number of rotatable bonds is 6. The van der Waals surface area contributed by atoms with Gasteiger partial charge in [0.05, 0.1) is 12.7 Å². The van der Waals surface area contributed by atoms with Gasteiger partial charge in [0.1, 0.15) is 0 Å². The van der Waals surface area contributed by atoms with Crippen LogP contribution < -0.4 is 4.74 Å². The molecule has 1 aliphatic rings. The molecule has 7 heteroatoms. The Bertz CT molecular complexity index is 1140. The van der Waals surface area contributed by atoms with Crippen molar-refractivity contribution in [2.45, 2.75) is 26.2 Å². The summed E-state index contributed by atoms with van der Waals surface area (Å²) in [6, 6.07) is 6.96. The molecule has 0 spiro atoms. The average Bonchev–Trinajstić information content (AvgIpc) is 2.80. The highest BCUT2D eigenvalue weighted by Crippen LogP contribution is 2.41. The number of ether oxygens (including phenoxy) is 2. The van der Waals surface area contributed by atoms with Crippen LogP contribution in [0.15, 0.2) is 66.4 Å². The molecule has 2 aromatic carbocycles. The maximum Gasteiger partial charge on any atom is 0.207 e. The molecule has 0 aliphatic carbocycles. The van der Waals surface area contributed by atoms with E-state index in [1.165, 1.54) is 19.2 Å². The first-order valence-electron chi connectivity index (χ1n) is 9.84. The van der Waals surface area contributed by atoms with Crippen molar-refractivity contribution >= 4 is 11.7 Å². The summed E-state index contributed by atoms with van der Waals surface area (Å²) in [5.41, 5.74) is -0.00229. The Morgan fingerprint density at radius 1 is 1.06 bits per heavy atom. The van der Waals surface area contributed by atoms with E-state index in [0.717, 1.165) is 24.5 Å². The van der Waals surface area contributed by atoms with Crippen LogP contribution in [0.3, 0.4) is 0 Å². The summed E-state index contributed by atoms with van der Waals surface area (Å²) >= 11 is 0. The summed E-state index contributed by atoms with van der Waals surface area (Å²) in [6.45, 7) is 8.97. The van der Waals surface area contributed by atoms with Crippen LogP contribution in [0.5, 0.6) is 5.75 Å². The quantitative estimate of drug-likeness (QED) is 0.259. The molecule has 168 valence electrons. The van der Waals surface area contributed by atoms with Crippen LogP contribution in [0, 0.1) is 11.6 Å². The summed E-state index contributed by atoms with van der Waals surface area (Å²) in [5.74, 6) is -8.63. The Hall–Kier alpha value is -3.35. The van der Waals surface area contributed by atoms with Gasteiger partial charge in [-0.05, 0) is 23.6 Å². The Kier molecular flexibility index (Phi) is 6.87. The number of methoxy groups -OCH3 is 1. The monoisotopic (exact) mass is 448 g/mol. The van der Waals surface area contributed by atoms with Crippen LogP contribution >= 0.6 is 0 Å². The third-order valence-electron chi connectivity index (χ3n) is 5.03. The highest BCUT2D eigenvalue weighted by atomic mass is 19.2. The number of allylic oxidation sites excluding steroid dienone is 2. The lowest BCUT2D eigenvalue weighted by Crippen LogP contribution is -2.15. The van der Waals surface area contributed by atoms with E-state index in [4.69, 9.17) is 4.74 Å². The summed E-state index contributed by atoms with van der Waals surface area (Å²) in [4.78, 5) is 0. The zero-order chi connectivity index (χ0) is 23.6. The molecule has 2 aromatic rings. The zero-order valence-corrected chi connectivity index (χ0v) is 17.6. The van der Waals surface area contributed by atoms with Gasteiger partial charge in [-0.3, -0.25) is 0 Å². The molecule has 1 heterocycles. The molecule has 0 saturated carbocycles. The summed E-state index contributed by atoms with van der Waals surface area (Å²) in [5, 5.41) is 0. The molecule has 0 atom stereocenters.